The fourth-order valence-electron chi connectivity index (χ4n) is 3.42. The molecule has 0 saturated heterocycles. The van der Waals surface area contributed by atoms with Crippen LogP contribution in [0.5, 0.6) is 0 Å². The van der Waals surface area contributed by atoms with Gasteiger partial charge in [-0.05, 0) is 36.8 Å². The van der Waals surface area contributed by atoms with Gasteiger partial charge in [-0.25, -0.2) is 9.18 Å². The summed E-state index contributed by atoms with van der Waals surface area (Å²) in [6.07, 6.45) is -4.94. The van der Waals surface area contributed by atoms with Crippen molar-refractivity contribution < 1.29 is 32.3 Å². The van der Waals surface area contributed by atoms with E-state index in [1.165, 1.54) is 6.92 Å². The van der Waals surface area contributed by atoms with E-state index in [9.17, 15) is 27.2 Å². The maximum Gasteiger partial charge on any atom is 0.433 e. The number of carboxylic acids is 1. The fraction of sp³-hybridized carbons (Fsp3) is 0.227. The smallest absolute Gasteiger partial charge is 0.433 e. The molecular weight excluding hydrogens is 466 g/mol. The van der Waals surface area contributed by atoms with E-state index in [2.05, 4.69) is 10.4 Å². The van der Waals surface area contributed by atoms with Crippen LogP contribution in [0.4, 0.5) is 17.6 Å². The highest BCUT2D eigenvalue weighted by Gasteiger charge is 2.41. The monoisotopic (exact) mass is 483 g/mol. The number of aromatic nitrogens is 2. The highest BCUT2D eigenvalue weighted by Crippen LogP contribution is 2.34. The van der Waals surface area contributed by atoms with Crippen molar-refractivity contribution in [3.05, 3.63) is 86.9 Å². The van der Waals surface area contributed by atoms with Crippen LogP contribution in [0.25, 0.3) is 0 Å². The van der Waals surface area contributed by atoms with E-state index < -0.39 is 41.2 Å². The molecule has 3 aromatic rings. The van der Waals surface area contributed by atoms with Crippen LogP contribution in [0.1, 0.15) is 56.2 Å². The summed E-state index contributed by atoms with van der Waals surface area (Å²) in [6, 6.07) is 8.36. The maximum absolute atomic E-state index is 14.4. The molecule has 174 valence electrons. The lowest BCUT2D eigenvalue weighted by molar-refractivity contribution is -0.144. The van der Waals surface area contributed by atoms with Crippen molar-refractivity contribution in [2.24, 2.45) is 7.05 Å². The number of rotatable bonds is 6. The Morgan fingerprint density at radius 1 is 1.18 bits per heavy atom. The third-order valence-electron chi connectivity index (χ3n) is 4.96. The van der Waals surface area contributed by atoms with Gasteiger partial charge >= 0.3 is 12.1 Å². The molecule has 2 aromatic carbocycles. The van der Waals surface area contributed by atoms with Crippen molar-refractivity contribution in [2.45, 2.75) is 25.6 Å². The minimum absolute atomic E-state index is 0.0696. The number of carbonyl (C=O) groups excluding carboxylic acids is 1. The molecule has 0 bridgehead atoms. The number of nitrogens with zero attached hydrogens (tertiary/aromatic N) is 2. The number of aryl methyl sites for hydroxylation is 1. The molecule has 0 aliphatic carbocycles. The molecule has 1 unspecified atom stereocenters. The molecule has 0 spiro atoms. The summed E-state index contributed by atoms with van der Waals surface area (Å²) in [7, 11) is 1.08. The molecule has 1 amide bonds. The molecule has 33 heavy (non-hydrogen) atoms. The molecule has 0 radical (unpaired) electrons. The van der Waals surface area contributed by atoms with Crippen LogP contribution >= 0.6 is 11.6 Å². The molecule has 11 heteroatoms. The van der Waals surface area contributed by atoms with Crippen LogP contribution in [-0.2, 0) is 19.6 Å². The lowest BCUT2D eigenvalue weighted by Gasteiger charge is -2.17. The second-order valence-corrected chi connectivity index (χ2v) is 7.77. The van der Waals surface area contributed by atoms with Crippen LogP contribution in [-0.4, -0.2) is 26.8 Å². The van der Waals surface area contributed by atoms with E-state index in [0.717, 1.165) is 25.2 Å². The first-order valence-corrected chi connectivity index (χ1v) is 9.97. The van der Waals surface area contributed by atoms with Crippen molar-refractivity contribution in [1.29, 1.82) is 0 Å². The van der Waals surface area contributed by atoms with Crippen LogP contribution in [0.3, 0.4) is 0 Å². The van der Waals surface area contributed by atoms with Gasteiger partial charge in [-0.3, -0.25) is 9.48 Å². The average molecular weight is 484 g/mol. The third kappa shape index (κ3) is 5.33. The van der Waals surface area contributed by atoms with E-state index >= 15 is 0 Å². The minimum atomic E-state index is -4.87. The number of nitrogens with one attached hydrogen (secondary N) is 1. The quantitative estimate of drug-likeness (QED) is 0.483. The Morgan fingerprint density at radius 2 is 1.82 bits per heavy atom. The van der Waals surface area contributed by atoms with Crippen molar-refractivity contribution in [2.75, 3.05) is 0 Å². The van der Waals surface area contributed by atoms with Crippen molar-refractivity contribution >= 4 is 23.5 Å². The lowest BCUT2D eigenvalue weighted by Crippen LogP contribution is -2.30. The summed E-state index contributed by atoms with van der Waals surface area (Å²) in [6.45, 7) is 1.37. The van der Waals surface area contributed by atoms with Gasteiger partial charge in [0.2, 0.25) is 0 Å². The first-order valence-electron chi connectivity index (χ1n) is 9.59. The lowest BCUT2D eigenvalue weighted by atomic mass is 10.0. The van der Waals surface area contributed by atoms with Gasteiger partial charge in [0.15, 0.2) is 5.69 Å². The predicted octanol–water partition coefficient (Wildman–Crippen LogP) is 5.01. The summed E-state index contributed by atoms with van der Waals surface area (Å²) in [5, 5.41) is 15.7. The van der Waals surface area contributed by atoms with Crippen molar-refractivity contribution in [3.8, 4) is 0 Å². The second kappa shape index (κ2) is 9.22. The Bertz CT molecular complexity index is 1210. The average Bonchev–Trinajstić information content (AvgIpc) is 3.05. The molecule has 1 heterocycles. The number of amides is 1. The van der Waals surface area contributed by atoms with E-state index in [-0.39, 0.29) is 23.2 Å². The molecule has 1 aromatic heterocycles. The number of halogens is 5. The Balaban J connectivity index is 1.97. The molecule has 3 rings (SSSR count). The highest BCUT2D eigenvalue weighted by atomic mass is 35.5. The predicted molar refractivity (Wildman–Crippen MR) is 112 cm³/mol. The largest absolute Gasteiger partial charge is 0.478 e. The van der Waals surface area contributed by atoms with Crippen molar-refractivity contribution in [3.63, 3.8) is 0 Å². The van der Waals surface area contributed by atoms with Gasteiger partial charge in [0.05, 0.1) is 22.9 Å². The Kier molecular flexibility index (Phi) is 6.78. The number of benzene rings is 2. The van der Waals surface area contributed by atoms with Crippen LogP contribution in [0.15, 0.2) is 42.5 Å². The molecule has 1 atom stereocenters. The van der Waals surface area contributed by atoms with E-state index in [1.807, 2.05) is 0 Å². The fourth-order valence-corrected chi connectivity index (χ4v) is 3.55. The van der Waals surface area contributed by atoms with E-state index in [0.29, 0.717) is 15.3 Å². The summed E-state index contributed by atoms with van der Waals surface area (Å²) in [4.78, 5) is 23.9. The number of carbonyl (C=O) groups is 2. The van der Waals surface area contributed by atoms with Gasteiger partial charge in [0, 0.05) is 24.1 Å². The van der Waals surface area contributed by atoms with Gasteiger partial charge < -0.3 is 10.4 Å². The number of aromatic carboxylic acids is 1. The zero-order chi connectivity index (χ0) is 24.5. The van der Waals surface area contributed by atoms with Gasteiger partial charge in [0.25, 0.3) is 5.91 Å². The zero-order valence-electron chi connectivity index (χ0n) is 17.4. The number of hydrogen-bond acceptors (Lipinski definition) is 3. The van der Waals surface area contributed by atoms with Gasteiger partial charge in [-0.1, -0.05) is 29.8 Å². The normalized spacial score (nSPS) is 12.5. The summed E-state index contributed by atoms with van der Waals surface area (Å²) in [5.41, 5.74) is -1.81. The molecule has 6 nitrogen and oxygen atoms in total. The Hall–Kier alpha value is -3.40. The molecule has 0 aliphatic heterocycles. The summed E-state index contributed by atoms with van der Waals surface area (Å²) < 4.78 is 56.2. The second-order valence-electron chi connectivity index (χ2n) is 7.33. The Labute approximate surface area is 190 Å². The molecule has 2 N–H and O–H groups in total. The van der Waals surface area contributed by atoms with Gasteiger partial charge in [0.1, 0.15) is 5.82 Å². The summed E-state index contributed by atoms with van der Waals surface area (Å²) >= 11 is 5.85. The van der Waals surface area contributed by atoms with E-state index in [4.69, 9.17) is 16.7 Å². The Morgan fingerprint density at radius 3 is 2.36 bits per heavy atom. The number of alkyl halides is 3. The first kappa shape index (κ1) is 24.2. The maximum atomic E-state index is 14.4. The highest BCUT2D eigenvalue weighted by molar-refractivity contribution is 6.30. The zero-order valence-corrected chi connectivity index (χ0v) is 18.1. The topological polar surface area (TPSA) is 84.2 Å². The standard InChI is InChI=1S/C22H18ClF4N3O3/c1-11(15-8-5-13(21(32)33)10-16(15)24)28-20(31)18-17(9-12-3-6-14(23)7-4-12)29-30(2)19(18)22(25,26)27/h3-8,10-11H,9H2,1-2H3,(H,28,31)(H,32,33). The van der Waals surface area contributed by atoms with Crippen LogP contribution < -0.4 is 5.32 Å². The molecule has 0 aliphatic rings. The van der Waals surface area contributed by atoms with Gasteiger partial charge in [-0.15, -0.1) is 0 Å². The van der Waals surface area contributed by atoms with Crippen LogP contribution in [0.2, 0.25) is 5.02 Å². The number of carboxylic acid groups (broad SMARTS) is 1. The van der Waals surface area contributed by atoms with Gasteiger partial charge in [-0.2, -0.15) is 18.3 Å². The third-order valence-corrected chi connectivity index (χ3v) is 5.21. The molecule has 0 fully saturated rings. The SMILES string of the molecule is CC(NC(=O)c1c(Cc2ccc(Cl)cc2)nn(C)c1C(F)(F)F)c1ccc(C(=O)O)cc1F. The summed E-state index contributed by atoms with van der Waals surface area (Å²) in [5.74, 6) is -3.34. The van der Waals surface area contributed by atoms with Crippen molar-refractivity contribution in [1.82, 2.24) is 15.1 Å². The number of hydrogen-bond donors (Lipinski definition) is 2. The molecule has 0 saturated carbocycles. The van der Waals surface area contributed by atoms with Crippen LogP contribution in [0, 0.1) is 5.82 Å². The molecular formula is C22H18ClF4N3O3. The van der Waals surface area contributed by atoms with E-state index in [1.54, 1.807) is 24.3 Å². The minimum Gasteiger partial charge on any atom is -0.478 e. The first-order chi connectivity index (χ1) is 15.4.